The second kappa shape index (κ2) is 5.58. The summed E-state index contributed by atoms with van der Waals surface area (Å²) in [5.74, 6) is 0.382. The molecule has 0 aromatic heterocycles. The van der Waals surface area contributed by atoms with Crippen molar-refractivity contribution in [1.82, 2.24) is 0 Å². The predicted molar refractivity (Wildman–Crippen MR) is 73.4 cm³/mol. The minimum atomic E-state index is -3.96. The topological polar surface area (TPSA) is 72.8 Å². The summed E-state index contributed by atoms with van der Waals surface area (Å²) in [5, 5.41) is 9.73. The third-order valence-corrected chi connectivity index (χ3v) is 4.20. The Morgan fingerprint density at radius 3 is 2.40 bits per heavy atom. The second-order valence-electron chi connectivity index (χ2n) is 4.48. The van der Waals surface area contributed by atoms with Crippen molar-refractivity contribution in [1.29, 1.82) is 0 Å². The lowest BCUT2D eigenvalue weighted by atomic mass is 10.1. The average molecular weight is 296 g/mol. The number of methoxy groups -OCH3 is 1. The molecule has 0 unspecified atom stereocenters. The molecule has 1 aromatic rings. The molecule has 0 fully saturated rings. The van der Waals surface area contributed by atoms with Crippen LogP contribution in [0.3, 0.4) is 0 Å². The zero-order valence-electron chi connectivity index (χ0n) is 11.3. The van der Waals surface area contributed by atoms with Crippen LogP contribution in [0.1, 0.15) is 18.4 Å². The van der Waals surface area contributed by atoms with Gasteiger partial charge >= 0.3 is 10.1 Å². The Bertz CT molecular complexity index is 653. The number of allylic oxidation sites excluding steroid dienone is 3. The highest BCUT2D eigenvalue weighted by atomic mass is 32.2. The van der Waals surface area contributed by atoms with Crippen LogP contribution in [0, 0.1) is 6.92 Å². The molecule has 2 rings (SSSR count). The van der Waals surface area contributed by atoms with E-state index in [2.05, 4.69) is 0 Å². The lowest BCUT2D eigenvalue weighted by molar-refractivity contribution is 0.252. The molecule has 0 spiro atoms. The van der Waals surface area contributed by atoms with Gasteiger partial charge in [0.15, 0.2) is 5.76 Å². The van der Waals surface area contributed by atoms with Crippen molar-refractivity contribution in [3.8, 4) is 0 Å². The number of aliphatic hydroxyl groups excluding tert-OH is 1. The van der Waals surface area contributed by atoms with Gasteiger partial charge in [0.1, 0.15) is 10.7 Å². The van der Waals surface area contributed by atoms with Crippen molar-refractivity contribution >= 4 is 10.1 Å². The van der Waals surface area contributed by atoms with Crippen molar-refractivity contribution < 1.29 is 22.4 Å². The second-order valence-corrected chi connectivity index (χ2v) is 6.02. The van der Waals surface area contributed by atoms with Gasteiger partial charge in [0.05, 0.1) is 12.9 Å². The molecule has 0 aliphatic heterocycles. The number of aryl methyl sites for hydroxylation is 1. The summed E-state index contributed by atoms with van der Waals surface area (Å²) in [6, 6.07) is 6.29. The Kier molecular flexibility index (Phi) is 4.04. The Labute approximate surface area is 118 Å². The van der Waals surface area contributed by atoms with E-state index in [1.807, 2.05) is 6.92 Å². The monoisotopic (exact) mass is 296 g/mol. The maximum Gasteiger partial charge on any atom is 0.339 e. The standard InChI is InChI=1S/C14H16O5S/c1-10-3-6-12(7-4-10)20(16,17)19-14-9-11(18-2)5-8-13(14)15/h3-4,6-7,9,15H,5,8H2,1-2H3. The molecule has 1 aliphatic carbocycles. The fourth-order valence-corrected chi connectivity index (χ4v) is 2.72. The van der Waals surface area contributed by atoms with Crippen molar-refractivity contribution in [2.75, 3.05) is 7.11 Å². The lowest BCUT2D eigenvalue weighted by Crippen LogP contribution is -2.10. The van der Waals surface area contributed by atoms with Crippen molar-refractivity contribution in [2.24, 2.45) is 0 Å². The Hall–Kier alpha value is -1.95. The van der Waals surface area contributed by atoms with Gasteiger partial charge in [0.25, 0.3) is 0 Å². The average Bonchev–Trinajstić information content (AvgIpc) is 2.41. The minimum absolute atomic E-state index is 0.0429. The van der Waals surface area contributed by atoms with E-state index in [4.69, 9.17) is 8.92 Å². The van der Waals surface area contributed by atoms with Crippen molar-refractivity contribution in [3.63, 3.8) is 0 Å². The van der Waals surface area contributed by atoms with E-state index in [-0.39, 0.29) is 16.4 Å². The molecule has 0 saturated heterocycles. The number of hydrogen-bond donors (Lipinski definition) is 1. The normalized spacial score (nSPS) is 15.8. The molecule has 108 valence electrons. The van der Waals surface area contributed by atoms with Crippen molar-refractivity contribution in [3.05, 3.63) is 53.2 Å². The fraction of sp³-hybridized carbons (Fsp3) is 0.286. The van der Waals surface area contributed by atoms with Gasteiger partial charge in [0, 0.05) is 18.9 Å². The highest BCUT2D eigenvalue weighted by Crippen LogP contribution is 2.26. The zero-order chi connectivity index (χ0) is 14.8. The number of hydrogen-bond acceptors (Lipinski definition) is 5. The molecule has 0 heterocycles. The van der Waals surface area contributed by atoms with Gasteiger partial charge in [-0.1, -0.05) is 17.7 Å². The van der Waals surface area contributed by atoms with Crippen LogP contribution in [0.15, 0.2) is 52.5 Å². The molecule has 6 heteroatoms. The van der Waals surface area contributed by atoms with Crippen LogP contribution in [0.2, 0.25) is 0 Å². The molecular weight excluding hydrogens is 280 g/mol. The van der Waals surface area contributed by atoms with Gasteiger partial charge in [-0.2, -0.15) is 8.42 Å². The Balaban J connectivity index is 2.28. The first-order chi connectivity index (χ1) is 9.42. The van der Waals surface area contributed by atoms with Crippen LogP contribution in [0.5, 0.6) is 0 Å². The summed E-state index contributed by atoms with van der Waals surface area (Å²) in [6.07, 6.45) is 2.20. The van der Waals surface area contributed by atoms with E-state index >= 15 is 0 Å². The van der Waals surface area contributed by atoms with E-state index < -0.39 is 10.1 Å². The van der Waals surface area contributed by atoms with Crippen LogP contribution in [-0.4, -0.2) is 20.6 Å². The molecule has 1 N–H and O–H groups in total. The van der Waals surface area contributed by atoms with Gasteiger partial charge in [0.2, 0.25) is 0 Å². The Morgan fingerprint density at radius 1 is 1.15 bits per heavy atom. The lowest BCUT2D eigenvalue weighted by Gasteiger charge is -2.16. The summed E-state index contributed by atoms with van der Waals surface area (Å²) < 4.78 is 34.3. The molecule has 0 radical (unpaired) electrons. The predicted octanol–water partition coefficient (Wildman–Crippen LogP) is 2.79. The number of benzene rings is 1. The fourth-order valence-electron chi connectivity index (χ4n) is 1.77. The van der Waals surface area contributed by atoms with E-state index in [1.165, 1.54) is 25.3 Å². The smallest absolute Gasteiger partial charge is 0.339 e. The first-order valence-corrected chi connectivity index (χ1v) is 7.51. The van der Waals surface area contributed by atoms with Crippen LogP contribution in [0.4, 0.5) is 0 Å². The van der Waals surface area contributed by atoms with Gasteiger partial charge in [-0.05, 0) is 19.1 Å². The van der Waals surface area contributed by atoms with E-state index in [9.17, 15) is 13.5 Å². The largest absolute Gasteiger partial charge is 0.508 e. The van der Waals surface area contributed by atoms with Crippen molar-refractivity contribution in [2.45, 2.75) is 24.7 Å². The molecule has 5 nitrogen and oxygen atoms in total. The van der Waals surface area contributed by atoms with Crippen LogP contribution >= 0.6 is 0 Å². The summed E-state index contributed by atoms with van der Waals surface area (Å²) >= 11 is 0. The summed E-state index contributed by atoms with van der Waals surface area (Å²) in [6.45, 7) is 1.86. The number of ether oxygens (including phenoxy) is 1. The molecule has 20 heavy (non-hydrogen) atoms. The van der Waals surface area contributed by atoms with Gasteiger partial charge in [-0.25, -0.2) is 0 Å². The molecule has 0 bridgehead atoms. The highest BCUT2D eigenvalue weighted by Gasteiger charge is 2.22. The zero-order valence-corrected chi connectivity index (χ0v) is 12.1. The molecule has 1 aromatic carbocycles. The molecule has 0 amide bonds. The van der Waals surface area contributed by atoms with Crippen LogP contribution < -0.4 is 0 Å². The van der Waals surface area contributed by atoms with E-state index in [0.29, 0.717) is 18.6 Å². The highest BCUT2D eigenvalue weighted by molar-refractivity contribution is 7.86. The third-order valence-electron chi connectivity index (χ3n) is 2.96. The molecule has 0 atom stereocenters. The first-order valence-electron chi connectivity index (χ1n) is 6.10. The van der Waals surface area contributed by atoms with Crippen LogP contribution in [0.25, 0.3) is 0 Å². The SMILES string of the molecule is COC1=CC(OS(=O)(=O)c2ccc(C)cc2)=C(O)CC1. The summed E-state index contributed by atoms with van der Waals surface area (Å²) in [7, 11) is -2.47. The van der Waals surface area contributed by atoms with E-state index in [0.717, 1.165) is 5.56 Å². The minimum Gasteiger partial charge on any atom is -0.508 e. The van der Waals surface area contributed by atoms with Gasteiger partial charge in [-0.3, -0.25) is 0 Å². The maximum atomic E-state index is 12.1. The third kappa shape index (κ3) is 3.14. The Morgan fingerprint density at radius 2 is 1.80 bits per heavy atom. The molecule has 1 aliphatic rings. The quantitative estimate of drug-likeness (QED) is 0.865. The van der Waals surface area contributed by atoms with E-state index in [1.54, 1.807) is 12.1 Å². The number of rotatable bonds is 4. The van der Waals surface area contributed by atoms with Gasteiger partial charge < -0.3 is 14.0 Å². The molecule has 0 saturated carbocycles. The van der Waals surface area contributed by atoms with Gasteiger partial charge in [-0.15, -0.1) is 0 Å². The summed E-state index contributed by atoms with van der Waals surface area (Å²) in [4.78, 5) is 0.0429. The van der Waals surface area contributed by atoms with Crippen LogP contribution in [-0.2, 0) is 19.0 Å². The summed E-state index contributed by atoms with van der Waals surface area (Å²) in [5.41, 5.74) is 0.949. The maximum absolute atomic E-state index is 12.1. The first kappa shape index (κ1) is 14.5. The molecular formula is C14H16O5S. The number of aliphatic hydroxyl groups is 1.